The summed E-state index contributed by atoms with van der Waals surface area (Å²) >= 11 is 0. The van der Waals surface area contributed by atoms with Crippen LogP contribution in [0.1, 0.15) is 24.8 Å². The van der Waals surface area contributed by atoms with Crippen LogP contribution in [0.25, 0.3) is 0 Å². The van der Waals surface area contributed by atoms with E-state index in [1.165, 1.54) is 24.8 Å². The Labute approximate surface area is 102 Å². The molecule has 0 saturated carbocycles. The molecule has 1 aromatic carbocycles. The van der Waals surface area contributed by atoms with Gasteiger partial charge in [0, 0.05) is 12.0 Å². The topological polar surface area (TPSA) is 30.5 Å². The van der Waals surface area contributed by atoms with Crippen molar-refractivity contribution in [2.24, 2.45) is 0 Å². The quantitative estimate of drug-likeness (QED) is 0.806. The van der Waals surface area contributed by atoms with Crippen molar-refractivity contribution in [3.8, 4) is 11.5 Å². The van der Waals surface area contributed by atoms with Crippen LogP contribution in [0.15, 0.2) is 18.2 Å². The van der Waals surface area contributed by atoms with Crippen molar-refractivity contribution < 1.29 is 9.47 Å². The number of hydrogen-bond acceptors (Lipinski definition) is 3. The van der Waals surface area contributed by atoms with Crippen LogP contribution in [0, 0.1) is 0 Å². The summed E-state index contributed by atoms with van der Waals surface area (Å²) in [4.78, 5) is 0. The second-order valence-electron chi connectivity index (χ2n) is 5.07. The molecule has 17 heavy (non-hydrogen) atoms. The first-order valence-electron chi connectivity index (χ1n) is 6.37. The van der Waals surface area contributed by atoms with E-state index in [9.17, 15) is 0 Å². The summed E-state index contributed by atoms with van der Waals surface area (Å²) < 4.78 is 11.4. The van der Waals surface area contributed by atoms with E-state index >= 15 is 0 Å². The Morgan fingerprint density at radius 2 is 2.29 bits per heavy atom. The fourth-order valence-corrected chi connectivity index (χ4v) is 2.96. The molecule has 1 spiro atoms. The highest BCUT2D eigenvalue weighted by molar-refractivity contribution is 5.47. The first-order valence-corrected chi connectivity index (χ1v) is 6.37. The van der Waals surface area contributed by atoms with Gasteiger partial charge in [0.2, 0.25) is 0 Å². The van der Waals surface area contributed by atoms with Crippen molar-refractivity contribution in [2.45, 2.75) is 31.2 Å². The zero-order valence-corrected chi connectivity index (χ0v) is 10.3. The molecule has 92 valence electrons. The van der Waals surface area contributed by atoms with E-state index in [-0.39, 0.29) is 5.54 Å². The third-order valence-electron chi connectivity index (χ3n) is 3.91. The molecular weight excluding hydrogens is 214 g/mol. The third kappa shape index (κ3) is 1.89. The maximum absolute atomic E-state index is 5.92. The Hall–Kier alpha value is -1.22. The number of nitrogens with one attached hydrogen (secondary N) is 1. The van der Waals surface area contributed by atoms with Crippen molar-refractivity contribution in [3.05, 3.63) is 23.8 Å². The Morgan fingerprint density at radius 1 is 1.35 bits per heavy atom. The summed E-state index contributed by atoms with van der Waals surface area (Å²) in [6.07, 6.45) is 4.79. The summed E-state index contributed by atoms with van der Waals surface area (Å²) in [6.45, 7) is 1.89. The first-order chi connectivity index (χ1) is 8.33. The fraction of sp³-hybridized carbons (Fsp3) is 0.571. The van der Waals surface area contributed by atoms with Crippen molar-refractivity contribution in [1.82, 2.24) is 5.32 Å². The molecule has 3 heteroatoms. The van der Waals surface area contributed by atoms with Gasteiger partial charge in [0.05, 0.1) is 12.6 Å². The number of methoxy groups -OCH3 is 1. The van der Waals surface area contributed by atoms with E-state index in [2.05, 4.69) is 5.32 Å². The molecule has 3 rings (SSSR count). The van der Waals surface area contributed by atoms with Crippen molar-refractivity contribution in [3.63, 3.8) is 0 Å². The van der Waals surface area contributed by atoms with Gasteiger partial charge >= 0.3 is 0 Å². The molecule has 1 fully saturated rings. The minimum absolute atomic E-state index is 0.139. The van der Waals surface area contributed by atoms with E-state index in [1.54, 1.807) is 7.11 Å². The van der Waals surface area contributed by atoms with Gasteiger partial charge in [-0.05, 0) is 31.5 Å². The molecule has 3 nitrogen and oxygen atoms in total. The SMILES string of the molecule is COc1cccc2c1C[C@@]1(CCCCN1)CO2. The second-order valence-corrected chi connectivity index (χ2v) is 5.07. The number of rotatable bonds is 1. The lowest BCUT2D eigenvalue weighted by atomic mass is 9.82. The Balaban J connectivity index is 1.93. The largest absolute Gasteiger partial charge is 0.496 e. The normalized spacial score (nSPS) is 27.4. The molecule has 1 atom stereocenters. The molecule has 2 aliphatic heterocycles. The maximum atomic E-state index is 5.92. The number of benzene rings is 1. The van der Waals surface area contributed by atoms with Crippen LogP contribution in [-0.4, -0.2) is 25.8 Å². The molecule has 0 bridgehead atoms. The minimum Gasteiger partial charge on any atom is -0.496 e. The van der Waals surface area contributed by atoms with Crippen LogP contribution in [0.2, 0.25) is 0 Å². The predicted molar refractivity (Wildman–Crippen MR) is 66.8 cm³/mol. The Bertz CT molecular complexity index is 396. The number of piperidine rings is 1. The monoisotopic (exact) mass is 233 g/mol. The molecule has 1 N–H and O–H groups in total. The van der Waals surface area contributed by atoms with Gasteiger partial charge in [0.25, 0.3) is 0 Å². The molecule has 2 heterocycles. The van der Waals surface area contributed by atoms with E-state index in [4.69, 9.17) is 9.47 Å². The van der Waals surface area contributed by atoms with Crippen LogP contribution in [-0.2, 0) is 6.42 Å². The molecule has 0 aromatic heterocycles. The average molecular weight is 233 g/mol. The molecule has 0 amide bonds. The fourth-order valence-electron chi connectivity index (χ4n) is 2.96. The molecule has 1 aromatic rings. The second kappa shape index (κ2) is 4.22. The standard InChI is InChI=1S/C14H19NO2/c1-16-12-5-4-6-13-11(12)9-14(10-17-13)7-2-3-8-15-14/h4-6,15H,2-3,7-10H2,1H3/t14-/m0/s1. The van der Waals surface area contributed by atoms with Crippen LogP contribution < -0.4 is 14.8 Å². The number of fused-ring (bicyclic) bond motifs is 1. The van der Waals surface area contributed by atoms with Crippen LogP contribution in [0.4, 0.5) is 0 Å². The first kappa shape index (κ1) is 10.9. The van der Waals surface area contributed by atoms with Crippen LogP contribution >= 0.6 is 0 Å². The van der Waals surface area contributed by atoms with E-state index in [1.807, 2.05) is 18.2 Å². The van der Waals surface area contributed by atoms with E-state index in [0.717, 1.165) is 31.1 Å². The zero-order valence-electron chi connectivity index (χ0n) is 10.3. The smallest absolute Gasteiger partial charge is 0.126 e. The van der Waals surface area contributed by atoms with Gasteiger partial charge in [-0.2, -0.15) is 0 Å². The molecule has 0 radical (unpaired) electrons. The molecule has 0 unspecified atom stereocenters. The minimum atomic E-state index is 0.139. The van der Waals surface area contributed by atoms with E-state index < -0.39 is 0 Å². The maximum Gasteiger partial charge on any atom is 0.126 e. The van der Waals surface area contributed by atoms with Crippen molar-refractivity contribution >= 4 is 0 Å². The lowest BCUT2D eigenvalue weighted by Crippen LogP contribution is -2.56. The third-order valence-corrected chi connectivity index (χ3v) is 3.91. The Kier molecular flexibility index (Phi) is 2.71. The van der Waals surface area contributed by atoms with Gasteiger partial charge in [0.15, 0.2) is 0 Å². The van der Waals surface area contributed by atoms with Gasteiger partial charge in [-0.1, -0.05) is 12.5 Å². The molecular formula is C14H19NO2. The lowest BCUT2D eigenvalue weighted by Gasteiger charge is -2.42. The van der Waals surface area contributed by atoms with Gasteiger partial charge < -0.3 is 14.8 Å². The highest BCUT2D eigenvalue weighted by atomic mass is 16.5. The van der Waals surface area contributed by atoms with Crippen molar-refractivity contribution in [2.75, 3.05) is 20.3 Å². The summed E-state index contributed by atoms with van der Waals surface area (Å²) in [5.74, 6) is 1.94. The molecule has 1 saturated heterocycles. The number of hydrogen-bond donors (Lipinski definition) is 1. The Morgan fingerprint density at radius 3 is 3.06 bits per heavy atom. The number of ether oxygens (including phenoxy) is 2. The average Bonchev–Trinajstić information content (AvgIpc) is 2.39. The highest BCUT2D eigenvalue weighted by Crippen LogP contribution is 2.38. The van der Waals surface area contributed by atoms with Gasteiger partial charge in [-0.25, -0.2) is 0 Å². The summed E-state index contributed by atoms with van der Waals surface area (Å²) in [5.41, 5.74) is 1.36. The predicted octanol–water partition coefficient (Wildman–Crippen LogP) is 2.14. The van der Waals surface area contributed by atoms with Crippen LogP contribution in [0.3, 0.4) is 0 Å². The van der Waals surface area contributed by atoms with Crippen LogP contribution in [0.5, 0.6) is 11.5 Å². The summed E-state index contributed by atoms with van der Waals surface area (Å²) in [5, 5.41) is 3.65. The van der Waals surface area contributed by atoms with Gasteiger partial charge in [0.1, 0.15) is 18.1 Å². The lowest BCUT2D eigenvalue weighted by molar-refractivity contribution is 0.125. The highest BCUT2D eigenvalue weighted by Gasteiger charge is 2.37. The summed E-state index contributed by atoms with van der Waals surface area (Å²) in [6, 6.07) is 6.04. The summed E-state index contributed by atoms with van der Waals surface area (Å²) in [7, 11) is 1.73. The van der Waals surface area contributed by atoms with E-state index in [0.29, 0.717) is 0 Å². The van der Waals surface area contributed by atoms with Crippen molar-refractivity contribution in [1.29, 1.82) is 0 Å². The van der Waals surface area contributed by atoms with Gasteiger partial charge in [-0.15, -0.1) is 0 Å². The molecule has 0 aliphatic carbocycles. The van der Waals surface area contributed by atoms with Gasteiger partial charge in [-0.3, -0.25) is 0 Å². The zero-order chi connectivity index (χ0) is 11.7. The molecule has 2 aliphatic rings.